The maximum atomic E-state index is 11.6. The highest BCUT2D eigenvalue weighted by molar-refractivity contribution is 14.1. The van der Waals surface area contributed by atoms with Gasteiger partial charge in [0.1, 0.15) is 0 Å². The van der Waals surface area contributed by atoms with E-state index in [0.29, 0.717) is 6.54 Å². The van der Waals surface area contributed by atoms with E-state index in [4.69, 9.17) is 0 Å². The topological polar surface area (TPSA) is 36.4 Å². The molecule has 0 fully saturated rings. The second-order valence-corrected chi connectivity index (χ2v) is 4.28. The number of halogens is 1. The number of hydrogen-bond donors (Lipinski definition) is 0. The van der Waals surface area contributed by atoms with Crippen LogP contribution in [0.3, 0.4) is 0 Å². The van der Waals surface area contributed by atoms with Crippen LogP contribution < -0.4 is 3.11 Å². The number of anilines is 1. The van der Waals surface area contributed by atoms with Crippen LogP contribution in [0.1, 0.15) is 5.69 Å². The first-order valence-corrected chi connectivity index (χ1v) is 5.26. The zero-order chi connectivity index (χ0) is 10.1. The van der Waals surface area contributed by atoms with E-state index in [9.17, 15) is 4.79 Å². The molecule has 1 aromatic heterocycles. The molecule has 2 rings (SSSR count). The number of rotatable bonds is 0. The molecule has 0 N–H and O–H groups in total. The first-order valence-electron chi connectivity index (χ1n) is 4.29. The molecule has 0 bridgehead atoms. The molecule has 0 radical (unpaired) electrons. The van der Waals surface area contributed by atoms with Gasteiger partial charge in [0.15, 0.2) is 0 Å². The molecule has 0 spiro atoms. The number of fused-ring (bicyclic) bond motifs is 1. The Morgan fingerprint density at radius 2 is 2.29 bits per heavy atom. The largest absolute Gasteiger partial charge is 0.292 e. The fourth-order valence-electron chi connectivity index (χ4n) is 1.47. The van der Waals surface area contributed by atoms with E-state index in [1.54, 1.807) is 9.31 Å². The molecule has 0 saturated carbocycles. The van der Waals surface area contributed by atoms with Gasteiger partial charge in [0, 0.05) is 12.7 Å². The van der Waals surface area contributed by atoms with Gasteiger partial charge in [0.25, 0.3) is 0 Å². The van der Waals surface area contributed by atoms with Crippen LogP contribution in [0.2, 0.25) is 0 Å². The highest BCUT2D eigenvalue weighted by Crippen LogP contribution is 2.25. The number of amides is 1. The van der Waals surface area contributed by atoms with Crippen LogP contribution in [-0.2, 0) is 11.3 Å². The highest BCUT2D eigenvalue weighted by atomic mass is 127. The third-order valence-electron chi connectivity index (χ3n) is 2.12. The highest BCUT2D eigenvalue weighted by Gasteiger charge is 2.23. The molecular weight excluding hydrogens is 293 g/mol. The summed E-state index contributed by atoms with van der Waals surface area (Å²) in [6, 6.07) is 3.77. The van der Waals surface area contributed by atoms with Gasteiger partial charge < -0.3 is 0 Å². The monoisotopic (exact) mass is 303 g/mol. The predicted molar refractivity (Wildman–Crippen MR) is 62.1 cm³/mol. The molecule has 74 valence electrons. The van der Waals surface area contributed by atoms with E-state index in [2.05, 4.69) is 4.98 Å². The fraction of sp³-hybridized carbons (Fsp3) is 0.333. The molecule has 0 aliphatic carbocycles. The van der Waals surface area contributed by atoms with Crippen molar-refractivity contribution in [1.29, 1.82) is 0 Å². The molecule has 1 aliphatic heterocycles. The van der Waals surface area contributed by atoms with Crippen molar-refractivity contribution in [2.24, 2.45) is 0 Å². The van der Waals surface area contributed by atoms with E-state index in [-0.39, 0.29) is 5.91 Å². The van der Waals surface area contributed by atoms with Gasteiger partial charge in [-0.2, -0.15) is 0 Å². The standard InChI is InChI=1S/C9H10IN3O/c1-12-5-7-8(3-2-4-11-7)13(10)9(14)6-12/h2-4H,5-6H2,1H3. The van der Waals surface area contributed by atoms with Crippen molar-refractivity contribution in [3.63, 3.8) is 0 Å². The smallest absolute Gasteiger partial charge is 0.250 e. The maximum absolute atomic E-state index is 11.6. The molecule has 0 saturated heterocycles. The summed E-state index contributed by atoms with van der Waals surface area (Å²) in [6.07, 6.45) is 1.76. The molecule has 0 aromatic carbocycles. The van der Waals surface area contributed by atoms with Crippen LogP contribution in [0, 0.1) is 0 Å². The van der Waals surface area contributed by atoms with Crippen LogP contribution in [0.5, 0.6) is 0 Å². The van der Waals surface area contributed by atoms with Gasteiger partial charge in [0.2, 0.25) is 5.91 Å². The van der Waals surface area contributed by atoms with Crippen LogP contribution in [-0.4, -0.2) is 29.4 Å². The molecule has 14 heavy (non-hydrogen) atoms. The van der Waals surface area contributed by atoms with E-state index in [1.165, 1.54) is 0 Å². The lowest BCUT2D eigenvalue weighted by Crippen LogP contribution is -2.29. The molecule has 0 unspecified atom stereocenters. The van der Waals surface area contributed by atoms with Crippen molar-refractivity contribution in [2.75, 3.05) is 16.7 Å². The molecular formula is C9H10IN3O. The van der Waals surface area contributed by atoms with Crippen LogP contribution in [0.15, 0.2) is 18.3 Å². The van der Waals surface area contributed by atoms with Gasteiger partial charge >= 0.3 is 0 Å². The van der Waals surface area contributed by atoms with Crippen molar-refractivity contribution in [1.82, 2.24) is 9.88 Å². The van der Waals surface area contributed by atoms with Crippen LogP contribution >= 0.6 is 22.9 Å². The Morgan fingerprint density at radius 1 is 1.50 bits per heavy atom. The zero-order valence-electron chi connectivity index (χ0n) is 7.77. The lowest BCUT2D eigenvalue weighted by molar-refractivity contribution is -0.117. The lowest BCUT2D eigenvalue weighted by Gasteiger charge is -2.12. The summed E-state index contributed by atoms with van der Waals surface area (Å²) in [5, 5.41) is 0. The second kappa shape index (κ2) is 3.82. The normalized spacial score (nSPS) is 17.9. The third kappa shape index (κ3) is 1.74. The minimum Gasteiger partial charge on any atom is -0.292 e. The van der Waals surface area contributed by atoms with E-state index in [1.807, 2.05) is 46.9 Å². The molecule has 2 heterocycles. The van der Waals surface area contributed by atoms with Gasteiger partial charge in [-0.05, 0) is 19.2 Å². The van der Waals surface area contributed by atoms with Gasteiger partial charge in [-0.15, -0.1) is 0 Å². The Hall–Kier alpha value is -0.690. The summed E-state index contributed by atoms with van der Waals surface area (Å²) in [7, 11) is 1.92. The summed E-state index contributed by atoms with van der Waals surface area (Å²) in [5.41, 5.74) is 1.86. The number of likely N-dealkylation sites (N-methyl/N-ethyl adjacent to an activating group) is 1. The van der Waals surface area contributed by atoms with Crippen molar-refractivity contribution in [2.45, 2.75) is 6.54 Å². The average molecular weight is 303 g/mol. The maximum Gasteiger partial charge on any atom is 0.250 e. The Balaban J connectivity index is 2.46. The van der Waals surface area contributed by atoms with Gasteiger partial charge in [-0.1, -0.05) is 0 Å². The predicted octanol–water partition coefficient (Wildman–Crippen LogP) is 1.21. The van der Waals surface area contributed by atoms with Gasteiger partial charge in [0.05, 0.1) is 40.8 Å². The minimum absolute atomic E-state index is 0.0971. The Bertz CT molecular complexity index is 369. The molecule has 1 amide bonds. The van der Waals surface area contributed by atoms with Crippen LogP contribution in [0.4, 0.5) is 5.69 Å². The first-order chi connectivity index (χ1) is 6.68. The molecule has 5 heteroatoms. The van der Waals surface area contributed by atoms with Crippen molar-refractivity contribution >= 4 is 34.5 Å². The molecule has 0 atom stereocenters. The van der Waals surface area contributed by atoms with Crippen molar-refractivity contribution in [3.8, 4) is 0 Å². The quantitative estimate of drug-likeness (QED) is 0.534. The molecule has 1 aromatic rings. The second-order valence-electron chi connectivity index (χ2n) is 3.32. The summed E-state index contributed by atoms with van der Waals surface area (Å²) in [6.45, 7) is 1.17. The number of aromatic nitrogens is 1. The van der Waals surface area contributed by atoms with E-state index in [0.717, 1.165) is 17.9 Å². The number of hydrogen-bond acceptors (Lipinski definition) is 3. The summed E-state index contributed by atoms with van der Waals surface area (Å²) in [4.78, 5) is 17.9. The first kappa shape index (κ1) is 9.85. The van der Waals surface area contributed by atoms with Gasteiger partial charge in [-0.25, -0.2) is 3.11 Å². The molecule has 1 aliphatic rings. The summed E-state index contributed by atoms with van der Waals surface area (Å²) >= 11 is 2.03. The SMILES string of the molecule is CN1CC(=O)N(I)c2cccnc2C1. The summed E-state index contributed by atoms with van der Waals surface area (Å²) in [5.74, 6) is 0.0971. The van der Waals surface area contributed by atoms with Gasteiger partial charge in [-0.3, -0.25) is 14.7 Å². The van der Waals surface area contributed by atoms with E-state index >= 15 is 0 Å². The minimum atomic E-state index is 0.0971. The Kier molecular flexibility index (Phi) is 2.69. The summed E-state index contributed by atoms with van der Waals surface area (Å²) < 4.78 is 1.64. The lowest BCUT2D eigenvalue weighted by atomic mass is 10.3. The Morgan fingerprint density at radius 3 is 3.07 bits per heavy atom. The Labute approximate surface area is 96.4 Å². The van der Waals surface area contributed by atoms with E-state index < -0.39 is 0 Å². The number of carbonyl (C=O) groups excluding carboxylic acids is 1. The fourth-order valence-corrected chi connectivity index (χ4v) is 2.06. The van der Waals surface area contributed by atoms with Crippen molar-refractivity contribution < 1.29 is 4.79 Å². The van der Waals surface area contributed by atoms with Crippen molar-refractivity contribution in [3.05, 3.63) is 24.0 Å². The number of nitrogens with zero attached hydrogens (tertiary/aromatic N) is 3. The third-order valence-corrected chi connectivity index (χ3v) is 3.18. The number of carbonyl (C=O) groups is 1. The average Bonchev–Trinajstić information content (AvgIpc) is 2.26. The van der Waals surface area contributed by atoms with Crippen LogP contribution in [0.25, 0.3) is 0 Å². The number of pyridine rings is 1. The molecule has 4 nitrogen and oxygen atoms in total. The zero-order valence-corrected chi connectivity index (χ0v) is 9.93.